The van der Waals surface area contributed by atoms with E-state index in [1.165, 1.54) is 0 Å². The van der Waals surface area contributed by atoms with E-state index in [-0.39, 0.29) is 16.7 Å². The molecule has 1 saturated carbocycles. The summed E-state index contributed by atoms with van der Waals surface area (Å²) in [5.74, 6) is -0.0303. The fourth-order valence-corrected chi connectivity index (χ4v) is 6.18. The van der Waals surface area contributed by atoms with Crippen molar-refractivity contribution in [1.82, 2.24) is 15.4 Å². The van der Waals surface area contributed by atoms with Crippen LogP contribution in [0.5, 0.6) is 0 Å². The van der Waals surface area contributed by atoms with Crippen molar-refractivity contribution in [2.45, 2.75) is 44.4 Å². The molecule has 170 valence electrons. The van der Waals surface area contributed by atoms with Crippen molar-refractivity contribution in [1.29, 1.82) is 0 Å². The van der Waals surface area contributed by atoms with Gasteiger partial charge in [0, 0.05) is 5.41 Å². The Morgan fingerprint density at radius 2 is 1.24 bits per heavy atom. The van der Waals surface area contributed by atoms with Crippen LogP contribution in [0.15, 0.2) is 84.9 Å². The lowest BCUT2D eigenvalue weighted by molar-refractivity contribution is -0.130. The molecule has 2 aliphatic rings. The molecule has 0 radical (unpaired) electrons. The second-order valence-electron chi connectivity index (χ2n) is 10.2. The number of hydrazine groups is 1. The largest absolute Gasteiger partial charge is 0.272 e. The Morgan fingerprint density at radius 1 is 0.735 bits per heavy atom. The molecule has 1 heterocycles. The van der Waals surface area contributed by atoms with Crippen LogP contribution in [0, 0.1) is 5.41 Å². The molecular formula is C29H28N4O. The molecule has 5 nitrogen and oxygen atoms in total. The Morgan fingerprint density at radius 3 is 1.79 bits per heavy atom. The minimum absolute atomic E-state index is 0.0303. The molecule has 1 amide bonds. The van der Waals surface area contributed by atoms with E-state index in [0.29, 0.717) is 0 Å². The summed E-state index contributed by atoms with van der Waals surface area (Å²) in [5, 5.41) is 1.88. The average molecular weight is 449 g/mol. The number of carbonyl (C=O) groups is 1. The van der Waals surface area contributed by atoms with Gasteiger partial charge in [0.05, 0.1) is 33.8 Å². The Labute approximate surface area is 199 Å². The van der Waals surface area contributed by atoms with Gasteiger partial charge in [0.2, 0.25) is 0 Å². The van der Waals surface area contributed by atoms with Crippen LogP contribution in [0.4, 0.5) is 11.4 Å². The van der Waals surface area contributed by atoms with Crippen LogP contribution in [0.2, 0.25) is 0 Å². The predicted octanol–water partition coefficient (Wildman–Crippen LogP) is 5.83. The van der Waals surface area contributed by atoms with Gasteiger partial charge in [0.15, 0.2) is 0 Å². The highest BCUT2D eigenvalue weighted by atomic mass is 16.2. The molecule has 4 aromatic rings. The standard InChI is InChI=1S/C29H28N4O/c1-27(2)28(3)18-19-29(27,25-24(28)30-22-16-10-11-17-23(22)31-25)26(34)32-33(20-12-6-4-7-13-20)21-14-8-5-9-15-21/h4-17H,18-19H2,1-3H3,(H,32,34)/t28-,29+/m1/s1. The van der Waals surface area contributed by atoms with Crippen molar-refractivity contribution in [2.75, 3.05) is 5.01 Å². The van der Waals surface area contributed by atoms with E-state index in [1.807, 2.05) is 89.9 Å². The van der Waals surface area contributed by atoms with E-state index < -0.39 is 5.41 Å². The molecule has 0 spiro atoms. The fourth-order valence-electron chi connectivity index (χ4n) is 6.18. The number of hydrogen-bond donors (Lipinski definition) is 1. The van der Waals surface area contributed by atoms with Crippen LogP contribution < -0.4 is 10.4 Å². The number of benzene rings is 3. The SMILES string of the molecule is CC1(C)[C@]2(C)CC[C@@]1(C(=O)NN(c1ccccc1)c1ccccc1)c1nc3ccccc3nc12. The van der Waals surface area contributed by atoms with Gasteiger partial charge in [-0.2, -0.15) is 0 Å². The van der Waals surface area contributed by atoms with Crippen molar-refractivity contribution in [2.24, 2.45) is 5.41 Å². The number of aromatic nitrogens is 2. The first-order valence-electron chi connectivity index (χ1n) is 11.9. The molecule has 0 saturated heterocycles. The van der Waals surface area contributed by atoms with Crippen molar-refractivity contribution in [3.05, 3.63) is 96.3 Å². The normalized spacial score (nSPS) is 24.1. The Balaban J connectivity index is 1.50. The topological polar surface area (TPSA) is 58.1 Å². The summed E-state index contributed by atoms with van der Waals surface area (Å²) in [6.45, 7) is 6.68. The first kappa shape index (κ1) is 20.8. The minimum atomic E-state index is -0.768. The zero-order valence-electron chi connectivity index (χ0n) is 19.7. The summed E-state index contributed by atoms with van der Waals surface area (Å²) in [5.41, 5.74) is 7.30. The minimum Gasteiger partial charge on any atom is -0.272 e. The van der Waals surface area contributed by atoms with Gasteiger partial charge in [0.1, 0.15) is 5.41 Å². The van der Waals surface area contributed by atoms with Crippen molar-refractivity contribution < 1.29 is 4.79 Å². The second-order valence-corrected chi connectivity index (χ2v) is 10.2. The highest BCUT2D eigenvalue weighted by Crippen LogP contribution is 2.70. The van der Waals surface area contributed by atoms with Gasteiger partial charge in [-0.1, -0.05) is 69.3 Å². The summed E-state index contributed by atoms with van der Waals surface area (Å²) in [7, 11) is 0. The number of para-hydroxylation sites is 4. The number of amides is 1. The van der Waals surface area contributed by atoms with Gasteiger partial charge < -0.3 is 0 Å². The van der Waals surface area contributed by atoms with E-state index >= 15 is 0 Å². The molecule has 0 unspecified atom stereocenters. The third-order valence-electron chi connectivity index (χ3n) is 8.57. The van der Waals surface area contributed by atoms with E-state index in [0.717, 1.165) is 46.6 Å². The van der Waals surface area contributed by atoms with E-state index in [4.69, 9.17) is 9.97 Å². The van der Waals surface area contributed by atoms with Gasteiger partial charge in [0.25, 0.3) is 5.91 Å². The number of fused-ring (bicyclic) bond motifs is 6. The lowest BCUT2D eigenvalue weighted by Crippen LogP contribution is -2.55. The molecule has 1 aromatic heterocycles. The maximum absolute atomic E-state index is 14.4. The zero-order valence-corrected chi connectivity index (χ0v) is 19.7. The van der Waals surface area contributed by atoms with Gasteiger partial charge in [-0.05, 0) is 54.7 Å². The molecule has 5 heteroatoms. The average Bonchev–Trinajstić information content (AvgIpc) is 3.17. The van der Waals surface area contributed by atoms with Crippen LogP contribution in [0.3, 0.4) is 0 Å². The molecule has 2 aliphatic carbocycles. The summed E-state index contributed by atoms with van der Waals surface area (Å²) in [6.07, 6.45) is 1.66. The maximum atomic E-state index is 14.4. The first-order chi connectivity index (χ1) is 16.4. The molecule has 34 heavy (non-hydrogen) atoms. The molecule has 2 atom stereocenters. The van der Waals surface area contributed by atoms with Crippen LogP contribution in [-0.4, -0.2) is 15.9 Å². The van der Waals surface area contributed by atoms with Gasteiger partial charge in [-0.15, -0.1) is 0 Å². The third kappa shape index (κ3) is 2.58. The lowest BCUT2D eigenvalue weighted by atomic mass is 9.63. The smallest absolute Gasteiger partial charge is 0.251 e. The zero-order chi connectivity index (χ0) is 23.6. The van der Waals surface area contributed by atoms with Crippen LogP contribution in [0.25, 0.3) is 11.0 Å². The van der Waals surface area contributed by atoms with Gasteiger partial charge >= 0.3 is 0 Å². The first-order valence-corrected chi connectivity index (χ1v) is 11.9. The van der Waals surface area contributed by atoms with Crippen LogP contribution >= 0.6 is 0 Å². The highest BCUT2D eigenvalue weighted by Gasteiger charge is 2.73. The van der Waals surface area contributed by atoms with Crippen LogP contribution in [-0.2, 0) is 15.6 Å². The predicted molar refractivity (Wildman–Crippen MR) is 135 cm³/mol. The summed E-state index contributed by atoms with van der Waals surface area (Å²) < 4.78 is 0. The lowest BCUT2D eigenvalue weighted by Gasteiger charge is -2.40. The number of nitrogens with zero attached hydrogens (tertiary/aromatic N) is 3. The molecule has 2 bridgehead atoms. The number of hydrogen-bond acceptors (Lipinski definition) is 4. The maximum Gasteiger partial charge on any atom is 0.251 e. The second kappa shape index (κ2) is 7.13. The van der Waals surface area contributed by atoms with Crippen molar-refractivity contribution >= 4 is 28.3 Å². The number of nitrogens with one attached hydrogen (secondary N) is 1. The van der Waals surface area contributed by atoms with Crippen molar-refractivity contribution in [3.8, 4) is 0 Å². The molecular weight excluding hydrogens is 420 g/mol. The van der Waals surface area contributed by atoms with E-state index in [2.05, 4.69) is 26.2 Å². The van der Waals surface area contributed by atoms with E-state index in [9.17, 15) is 4.79 Å². The van der Waals surface area contributed by atoms with Gasteiger partial charge in [-0.25, -0.2) is 9.97 Å². The fraction of sp³-hybridized carbons (Fsp3) is 0.276. The number of anilines is 2. The third-order valence-corrected chi connectivity index (χ3v) is 8.57. The molecule has 1 N–H and O–H groups in total. The van der Waals surface area contributed by atoms with E-state index in [1.54, 1.807) is 0 Å². The summed E-state index contributed by atoms with van der Waals surface area (Å²) in [6, 6.07) is 27.9. The molecule has 0 aliphatic heterocycles. The highest BCUT2D eigenvalue weighted by molar-refractivity contribution is 5.94. The van der Waals surface area contributed by atoms with Crippen LogP contribution in [0.1, 0.15) is 45.0 Å². The Kier molecular flexibility index (Phi) is 4.37. The Hall–Kier alpha value is -3.73. The monoisotopic (exact) mass is 448 g/mol. The molecule has 1 fully saturated rings. The van der Waals surface area contributed by atoms with Crippen molar-refractivity contribution in [3.63, 3.8) is 0 Å². The molecule has 3 aromatic carbocycles. The number of rotatable bonds is 4. The van der Waals surface area contributed by atoms with Gasteiger partial charge in [-0.3, -0.25) is 15.2 Å². The summed E-state index contributed by atoms with van der Waals surface area (Å²) in [4.78, 5) is 24.6. The molecule has 6 rings (SSSR count). The Bertz CT molecular complexity index is 1360. The summed E-state index contributed by atoms with van der Waals surface area (Å²) >= 11 is 0. The number of carbonyl (C=O) groups excluding carboxylic acids is 1. The quantitative estimate of drug-likeness (QED) is 0.399.